The van der Waals surface area contributed by atoms with Gasteiger partial charge in [-0.05, 0) is 38.0 Å². The number of sulfone groups is 1. The molecule has 1 rings (SSSR count). The van der Waals surface area contributed by atoms with Crippen LogP contribution in [0.5, 0.6) is 0 Å². The summed E-state index contributed by atoms with van der Waals surface area (Å²) < 4.78 is 24.3. The molecule has 0 bridgehead atoms. The Hall–Kier alpha value is -0.0900. The lowest BCUT2D eigenvalue weighted by atomic mass is 9.91. The molecule has 1 aliphatic rings. The average molecular weight is 261 g/mol. The van der Waals surface area contributed by atoms with Crippen LogP contribution in [0.4, 0.5) is 0 Å². The quantitative estimate of drug-likeness (QED) is 0.799. The first-order valence-corrected chi connectivity index (χ1v) is 8.64. The van der Waals surface area contributed by atoms with Crippen molar-refractivity contribution >= 4 is 9.84 Å². The van der Waals surface area contributed by atoms with Crippen LogP contribution in [0.3, 0.4) is 0 Å². The summed E-state index contributed by atoms with van der Waals surface area (Å²) in [7, 11) is -2.88. The molecule has 0 aliphatic heterocycles. The Kier molecular flexibility index (Phi) is 5.93. The number of rotatable bonds is 6. The molecule has 1 aliphatic carbocycles. The van der Waals surface area contributed by atoms with Crippen molar-refractivity contribution in [3.8, 4) is 0 Å². The number of nitrogens with two attached hydrogens (primary N) is 1. The molecule has 0 spiro atoms. The normalized spacial score (nSPS) is 27.9. The maximum atomic E-state index is 12.2. The highest BCUT2D eigenvalue weighted by Gasteiger charge is 2.29. The molecule has 2 N–H and O–H groups in total. The van der Waals surface area contributed by atoms with Crippen LogP contribution in [0, 0.1) is 5.92 Å². The molecule has 1 fully saturated rings. The van der Waals surface area contributed by atoms with Crippen LogP contribution in [-0.4, -0.2) is 25.5 Å². The molecule has 0 aromatic rings. The molecule has 3 nitrogen and oxygen atoms in total. The Bertz CT molecular complexity index is 313. The van der Waals surface area contributed by atoms with Crippen molar-refractivity contribution in [3.05, 3.63) is 0 Å². The van der Waals surface area contributed by atoms with Crippen molar-refractivity contribution in [1.29, 1.82) is 0 Å². The van der Waals surface area contributed by atoms with Gasteiger partial charge in [0.2, 0.25) is 0 Å². The highest BCUT2D eigenvalue weighted by molar-refractivity contribution is 7.92. The van der Waals surface area contributed by atoms with E-state index < -0.39 is 9.84 Å². The van der Waals surface area contributed by atoms with E-state index in [0.717, 1.165) is 38.5 Å². The van der Waals surface area contributed by atoms with E-state index in [4.69, 9.17) is 5.73 Å². The van der Waals surface area contributed by atoms with Gasteiger partial charge in [-0.1, -0.05) is 26.7 Å². The first kappa shape index (κ1) is 15.0. The average Bonchev–Trinajstić information content (AvgIpc) is 2.28. The van der Waals surface area contributed by atoms with E-state index in [1.54, 1.807) is 0 Å². The third-order valence-electron chi connectivity index (χ3n) is 3.92. The van der Waals surface area contributed by atoms with Gasteiger partial charge < -0.3 is 5.73 Å². The van der Waals surface area contributed by atoms with Crippen LogP contribution in [-0.2, 0) is 9.84 Å². The van der Waals surface area contributed by atoms with Gasteiger partial charge in [0.05, 0.1) is 11.0 Å². The molecule has 0 saturated heterocycles. The van der Waals surface area contributed by atoms with E-state index in [1.165, 1.54) is 6.42 Å². The standard InChI is InChI=1S/C13H27NO2S/c1-3-12(14)7-5-9-17(15,16)13-8-4-6-11(2)10-13/h11-13H,3-10,14H2,1-2H3. The van der Waals surface area contributed by atoms with E-state index in [0.29, 0.717) is 11.7 Å². The zero-order chi connectivity index (χ0) is 12.9. The molecule has 3 unspecified atom stereocenters. The van der Waals surface area contributed by atoms with Gasteiger partial charge in [-0.15, -0.1) is 0 Å². The van der Waals surface area contributed by atoms with Crippen molar-refractivity contribution < 1.29 is 8.42 Å². The summed E-state index contributed by atoms with van der Waals surface area (Å²) in [6, 6.07) is 0.162. The highest BCUT2D eigenvalue weighted by atomic mass is 32.2. The Morgan fingerprint density at radius 3 is 2.65 bits per heavy atom. The second kappa shape index (κ2) is 6.74. The summed E-state index contributed by atoms with van der Waals surface area (Å²) in [6.45, 7) is 4.21. The minimum atomic E-state index is -2.88. The van der Waals surface area contributed by atoms with Crippen molar-refractivity contribution in [2.75, 3.05) is 5.75 Å². The van der Waals surface area contributed by atoms with Gasteiger partial charge in [-0.3, -0.25) is 0 Å². The maximum Gasteiger partial charge on any atom is 0.153 e. The summed E-state index contributed by atoms with van der Waals surface area (Å²) in [5.74, 6) is 0.902. The van der Waals surface area contributed by atoms with Gasteiger partial charge in [0.1, 0.15) is 0 Å². The zero-order valence-electron chi connectivity index (χ0n) is 11.2. The van der Waals surface area contributed by atoms with Crippen LogP contribution < -0.4 is 5.73 Å². The summed E-state index contributed by atoms with van der Waals surface area (Å²) in [4.78, 5) is 0. The third kappa shape index (κ3) is 4.96. The second-order valence-electron chi connectivity index (χ2n) is 5.57. The van der Waals surface area contributed by atoms with E-state index >= 15 is 0 Å². The molecule has 17 heavy (non-hydrogen) atoms. The van der Waals surface area contributed by atoms with Gasteiger partial charge in [-0.2, -0.15) is 0 Å². The van der Waals surface area contributed by atoms with Crippen molar-refractivity contribution in [2.45, 2.75) is 70.1 Å². The summed E-state index contributed by atoms with van der Waals surface area (Å²) in [6.07, 6.45) is 6.47. The SMILES string of the molecule is CCC(N)CCCS(=O)(=O)C1CCCC(C)C1. The molecular formula is C13H27NO2S. The molecular weight excluding hydrogens is 234 g/mol. The van der Waals surface area contributed by atoms with Crippen LogP contribution in [0.25, 0.3) is 0 Å². The van der Waals surface area contributed by atoms with Crippen LogP contribution in [0.1, 0.15) is 58.8 Å². The van der Waals surface area contributed by atoms with Crippen molar-refractivity contribution in [2.24, 2.45) is 11.7 Å². The number of hydrogen-bond acceptors (Lipinski definition) is 3. The van der Waals surface area contributed by atoms with Gasteiger partial charge in [0, 0.05) is 6.04 Å². The summed E-state index contributed by atoms with van der Waals surface area (Å²) in [5.41, 5.74) is 5.81. The molecule has 1 saturated carbocycles. The lowest BCUT2D eigenvalue weighted by Crippen LogP contribution is -2.30. The van der Waals surface area contributed by atoms with Gasteiger partial charge >= 0.3 is 0 Å². The zero-order valence-corrected chi connectivity index (χ0v) is 12.0. The fraction of sp³-hybridized carbons (Fsp3) is 1.00. The van der Waals surface area contributed by atoms with Crippen LogP contribution in [0.2, 0.25) is 0 Å². The molecule has 102 valence electrons. The van der Waals surface area contributed by atoms with E-state index in [1.807, 2.05) is 6.92 Å². The van der Waals surface area contributed by atoms with Gasteiger partial charge in [0.25, 0.3) is 0 Å². The summed E-state index contributed by atoms with van der Waals surface area (Å²) in [5, 5.41) is -0.0795. The molecule has 0 heterocycles. The molecule has 4 heteroatoms. The van der Waals surface area contributed by atoms with Crippen molar-refractivity contribution in [1.82, 2.24) is 0 Å². The topological polar surface area (TPSA) is 60.2 Å². The first-order chi connectivity index (χ1) is 7.95. The predicted molar refractivity (Wildman–Crippen MR) is 72.7 cm³/mol. The second-order valence-corrected chi connectivity index (χ2v) is 7.97. The number of hydrogen-bond donors (Lipinski definition) is 1. The third-order valence-corrected chi connectivity index (χ3v) is 6.23. The molecule has 0 aromatic carbocycles. The van der Waals surface area contributed by atoms with Gasteiger partial charge in [0.15, 0.2) is 9.84 Å². The maximum absolute atomic E-state index is 12.2. The Morgan fingerprint density at radius 2 is 2.06 bits per heavy atom. The fourth-order valence-corrected chi connectivity index (χ4v) is 4.67. The molecule has 3 atom stereocenters. The Labute approximate surface area is 106 Å². The molecule has 0 radical (unpaired) electrons. The minimum absolute atomic E-state index is 0.0795. The van der Waals surface area contributed by atoms with Gasteiger partial charge in [-0.25, -0.2) is 8.42 Å². The highest BCUT2D eigenvalue weighted by Crippen LogP contribution is 2.29. The van der Waals surface area contributed by atoms with Crippen molar-refractivity contribution in [3.63, 3.8) is 0 Å². The van der Waals surface area contributed by atoms with Crippen LogP contribution in [0.15, 0.2) is 0 Å². The Balaban J connectivity index is 2.39. The molecule has 0 amide bonds. The van der Waals surface area contributed by atoms with E-state index in [2.05, 4.69) is 6.92 Å². The predicted octanol–water partition coefficient (Wildman–Crippen LogP) is 2.50. The molecule has 0 aromatic heterocycles. The lowest BCUT2D eigenvalue weighted by molar-refractivity contribution is 0.381. The minimum Gasteiger partial charge on any atom is -0.328 e. The van der Waals surface area contributed by atoms with Crippen LogP contribution >= 0.6 is 0 Å². The Morgan fingerprint density at radius 1 is 1.35 bits per heavy atom. The van der Waals surface area contributed by atoms with E-state index in [-0.39, 0.29) is 11.3 Å². The monoisotopic (exact) mass is 261 g/mol. The first-order valence-electron chi connectivity index (χ1n) is 6.92. The fourth-order valence-electron chi connectivity index (χ4n) is 2.62. The summed E-state index contributed by atoms with van der Waals surface area (Å²) >= 11 is 0. The largest absolute Gasteiger partial charge is 0.328 e. The lowest BCUT2D eigenvalue weighted by Gasteiger charge is -2.26. The van der Waals surface area contributed by atoms with E-state index in [9.17, 15) is 8.42 Å². The smallest absolute Gasteiger partial charge is 0.153 e.